The van der Waals surface area contributed by atoms with Crippen LogP contribution in [0, 0.1) is 0 Å². The molecule has 0 spiro atoms. The molecule has 2 aromatic rings. The molecule has 1 aliphatic heterocycles. The number of thioether (sulfide) groups is 1. The highest BCUT2D eigenvalue weighted by Gasteiger charge is 2.22. The van der Waals surface area contributed by atoms with Gasteiger partial charge < -0.3 is 14.1 Å². The van der Waals surface area contributed by atoms with Crippen molar-refractivity contribution in [3.05, 3.63) is 34.6 Å². The number of rotatable bonds is 7. The lowest BCUT2D eigenvalue weighted by Crippen LogP contribution is -2.23. The van der Waals surface area contributed by atoms with Crippen LogP contribution in [-0.4, -0.2) is 39.9 Å². The summed E-state index contributed by atoms with van der Waals surface area (Å²) < 4.78 is 12.2. The van der Waals surface area contributed by atoms with Crippen LogP contribution in [0.1, 0.15) is 18.7 Å². The number of hydrogen-bond acceptors (Lipinski definition) is 6. The highest BCUT2D eigenvalue weighted by molar-refractivity contribution is 9.10. The molecule has 0 N–H and O–H groups in total. The molecule has 6 nitrogen and oxygen atoms in total. The predicted molar refractivity (Wildman–Crippen MR) is 89.3 cm³/mol. The number of ether oxygens (including phenoxy) is 1. The van der Waals surface area contributed by atoms with Gasteiger partial charge in [-0.3, -0.25) is 4.79 Å². The largest absolute Gasteiger partial charge is 0.493 e. The van der Waals surface area contributed by atoms with Gasteiger partial charge in [-0.2, -0.15) is 0 Å². The topological polar surface area (TPSA) is 68.5 Å². The molecular weight excluding hydrogens is 382 g/mol. The van der Waals surface area contributed by atoms with Gasteiger partial charge in [-0.15, -0.1) is 10.2 Å². The van der Waals surface area contributed by atoms with Crippen molar-refractivity contribution in [3.63, 3.8) is 0 Å². The summed E-state index contributed by atoms with van der Waals surface area (Å²) in [5.41, 5.74) is 0. The number of benzene rings is 1. The lowest BCUT2D eigenvalue weighted by Gasteiger charge is -2.11. The van der Waals surface area contributed by atoms with Crippen LogP contribution in [-0.2, 0) is 11.3 Å². The first kappa shape index (κ1) is 16.3. The Balaban J connectivity index is 1.41. The molecule has 0 atom stereocenters. The number of nitrogens with zero attached hydrogens (tertiary/aromatic N) is 3. The zero-order valence-electron chi connectivity index (χ0n) is 12.4. The molecule has 1 aliphatic rings. The molecule has 0 bridgehead atoms. The summed E-state index contributed by atoms with van der Waals surface area (Å²) in [5.74, 6) is 2.16. The lowest BCUT2D eigenvalue weighted by atomic mass is 10.3. The van der Waals surface area contributed by atoms with Crippen molar-refractivity contribution in [1.82, 2.24) is 15.1 Å². The summed E-state index contributed by atoms with van der Waals surface area (Å²) in [6, 6.07) is 7.71. The zero-order valence-corrected chi connectivity index (χ0v) is 14.8. The fourth-order valence-electron chi connectivity index (χ4n) is 2.24. The predicted octanol–water partition coefficient (Wildman–Crippen LogP) is 3.13. The van der Waals surface area contributed by atoms with Gasteiger partial charge in [0.2, 0.25) is 11.8 Å². The average Bonchev–Trinajstić information content (AvgIpc) is 3.14. The van der Waals surface area contributed by atoms with Crippen LogP contribution in [0.5, 0.6) is 5.75 Å². The molecule has 1 aromatic heterocycles. The summed E-state index contributed by atoms with van der Waals surface area (Å²) in [7, 11) is 0. The second-order valence-electron chi connectivity index (χ2n) is 5.03. The van der Waals surface area contributed by atoms with Crippen molar-refractivity contribution >= 4 is 33.6 Å². The van der Waals surface area contributed by atoms with Crippen molar-refractivity contribution in [2.45, 2.75) is 24.6 Å². The van der Waals surface area contributed by atoms with Gasteiger partial charge in [0.1, 0.15) is 5.75 Å². The normalized spacial score (nSPS) is 14.5. The molecule has 3 rings (SSSR count). The van der Waals surface area contributed by atoms with Crippen molar-refractivity contribution in [2.24, 2.45) is 0 Å². The van der Waals surface area contributed by atoms with Gasteiger partial charge in [0.15, 0.2) is 0 Å². The molecule has 0 saturated carbocycles. The minimum atomic E-state index is 0.153. The standard InChI is InChI=1S/C15H16BrN3O3S/c16-11-3-1-4-12(9-11)21-7-8-23-15-18-17-13(22-15)10-19-6-2-5-14(19)20/h1,3-4,9H,2,5-8,10H2. The summed E-state index contributed by atoms with van der Waals surface area (Å²) in [4.78, 5) is 13.3. The first-order valence-corrected chi connectivity index (χ1v) is 9.10. The van der Waals surface area contributed by atoms with Crippen molar-refractivity contribution < 1.29 is 13.9 Å². The van der Waals surface area contributed by atoms with Gasteiger partial charge in [0.25, 0.3) is 5.22 Å². The Bertz CT molecular complexity index is 679. The van der Waals surface area contributed by atoms with E-state index >= 15 is 0 Å². The number of carbonyl (C=O) groups excluding carboxylic acids is 1. The maximum atomic E-state index is 11.6. The Labute approximate surface area is 146 Å². The fraction of sp³-hybridized carbons (Fsp3) is 0.400. The molecule has 2 heterocycles. The molecule has 23 heavy (non-hydrogen) atoms. The summed E-state index contributed by atoms with van der Waals surface area (Å²) in [5, 5.41) is 8.48. The summed E-state index contributed by atoms with van der Waals surface area (Å²) >= 11 is 4.85. The van der Waals surface area contributed by atoms with Crippen molar-refractivity contribution in [1.29, 1.82) is 0 Å². The summed E-state index contributed by atoms with van der Waals surface area (Å²) in [6.07, 6.45) is 1.52. The number of halogens is 1. The third kappa shape index (κ3) is 4.71. The van der Waals surface area contributed by atoms with Crippen LogP contribution in [0.15, 0.2) is 38.4 Å². The maximum absolute atomic E-state index is 11.6. The monoisotopic (exact) mass is 397 g/mol. The minimum Gasteiger partial charge on any atom is -0.493 e. The zero-order chi connectivity index (χ0) is 16.1. The molecule has 0 aliphatic carbocycles. The quantitative estimate of drug-likeness (QED) is 0.527. The number of amides is 1. The highest BCUT2D eigenvalue weighted by Crippen LogP contribution is 2.20. The minimum absolute atomic E-state index is 0.153. The van der Waals surface area contributed by atoms with Gasteiger partial charge in [0.05, 0.1) is 13.2 Å². The van der Waals surface area contributed by atoms with Crippen LogP contribution >= 0.6 is 27.7 Å². The van der Waals surface area contributed by atoms with E-state index < -0.39 is 0 Å². The van der Waals surface area contributed by atoms with Gasteiger partial charge in [-0.25, -0.2) is 0 Å². The van der Waals surface area contributed by atoms with Crippen LogP contribution in [0.4, 0.5) is 0 Å². The van der Waals surface area contributed by atoms with Gasteiger partial charge in [-0.1, -0.05) is 33.8 Å². The van der Waals surface area contributed by atoms with E-state index in [0.29, 0.717) is 36.4 Å². The fourth-order valence-corrected chi connectivity index (χ4v) is 3.21. The van der Waals surface area contributed by atoms with E-state index in [1.807, 2.05) is 24.3 Å². The third-order valence-electron chi connectivity index (χ3n) is 3.32. The van der Waals surface area contributed by atoms with Gasteiger partial charge in [0, 0.05) is 23.2 Å². The molecule has 1 amide bonds. The van der Waals surface area contributed by atoms with E-state index in [2.05, 4.69) is 26.1 Å². The third-order valence-corrected chi connectivity index (χ3v) is 4.60. The Morgan fingerprint density at radius 3 is 3.09 bits per heavy atom. The number of likely N-dealkylation sites (tertiary alicyclic amines) is 1. The van der Waals surface area contributed by atoms with Crippen LogP contribution < -0.4 is 4.74 Å². The Hall–Kier alpha value is -1.54. The smallest absolute Gasteiger partial charge is 0.276 e. The number of aromatic nitrogens is 2. The van der Waals surface area contributed by atoms with Crippen LogP contribution in [0.3, 0.4) is 0 Å². The Kier molecular flexibility index (Phi) is 5.56. The lowest BCUT2D eigenvalue weighted by molar-refractivity contribution is -0.128. The second-order valence-corrected chi connectivity index (χ2v) is 7.00. The maximum Gasteiger partial charge on any atom is 0.276 e. The van der Waals surface area contributed by atoms with E-state index in [-0.39, 0.29) is 5.91 Å². The molecule has 0 unspecified atom stereocenters. The van der Waals surface area contributed by atoms with E-state index in [1.54, 1.807) is 4.90 Å². The first-order chi connectivity index (χ1) is 11.2. The molecule has 8 heteroatoms. The van der Waals surface area contributed by atoms with Crippen LogP contribution in [0.2, 0.25) is 0 Å². The molecule has 1 aromatic carbocycles. The molecule has 0 radical (unpaired) electrons. The van der Waals surface area contributed by atoms with E-state index in [0.717, 1.165) is 23.2 Å². The van der Waals surface area contributed by atoms with Crippen molar-refractivity contribution in [2.75, 3.05) is 18.9 Å². The molecule has 1 fully saturated rings. The second kappa shape index (κ2) is 7.83. The Morgan fingerprint density at radius 1 is 1.39 bits per heavy atom. The average molecular weight is 398 g/mol. The molecule has 1 saturated heterocycles. The number of hydrogen-bond donors (Lipinski definition) is 0. The first-order valence-electron chi connectivity index (χ1n) is 7.32. The van der Waals surface area contributed by atoms with E-state index in [9.17, 15) is 4.79 Å². The van der Waals surface area contributed by atoms with Crippen LogP contribution in [0.25, 0.3) is 0 Å². The summed E-state index contributed by atoms with van der Waals surface area (Å²) in [6.45, 7) is 1.72. The van der Waals surface area contributed by atoms with E-state index in [4.69, 9.17) is 9.15 Å². The Morgan fingerprint density at radius 2 is 2.30 bits per heavy atom. The van der Waals surface area contributed by atoms with Gasteiger partial charge in [-0.05, 0) is 24.6 Å². The van der Waals surface area contributed by atoms with Crippen molar-refractivity contribution in [3.8, 4) is 5.75 Å². The number of carbonyl (C=O) groups is 1. The van der Waals surface area contributed by atoms with Gasteiger partial charge >= 0.3 is 0 Å². The molecule has 122 valence electrons. The SMILES string of the molecule is O=C1CCCN1Cc1nnc(SCCOc2cccc(Br)c2)o1. The highest BCUT2D eigenvalue weighted by atomic mass is 79.9. The van der Waals surface area contributed by atoms with E-state index in [1.165, 1.54) is 11.8 Å². The molecular formula is C15H16BrN3O3S.